The van der Waals surface area contributed by atoms with Crippen LogP contribution in [0.15, 0.2) is 6.07 Å². The molecule has 84 valence electrons. The third kappa shape index (κ3) is 4.57. The molecule has 1 heterocycles. The van der Waals surface area contributed by atoms with Gasteiger partial charge >= 0.3 is 0 Å². The molecular weight excluding hydrogens is 196 g/mol. The number of hydrogen-bond donors (Lipinski definition) is 3. The van der Waals surface area contributed by atoms with Crippen LogP contribution in [-0.4, -0.2) is 41.4 Å². The molecule has 0 bridgehead atoms. The number of nitrogens with one attached hydrogen (secondary N) is 1. The first-order valence-corrected chi connectivity index (χ1v) is 4.76. The van der Waals surface area contributed by atoms with E-state index in [0.717, 1.165) is 0 Å². The van der Waals surface area contributed by atoms with Crippen LogP contribution in [0.4, 0.5) is 11.6 Å². The summed E-state index contributed by atoms with van der Waals surface area (Å²) in [7, 11) is 0. The van der Waals surface area contributed by atoms with Gasteiger partial charge < -0.3 is 20.9 Å². The van der Waals surface area contributed by atoms with Crippen LogP contribution >= 0.6 is 0 Å². The molecule has 4 N–H and O–H groups in total. The first-order chi connectivity index (χ1) is 7.22. The molecule has 1 aromatic heterocycles. The van der Waals surface area contributed by atoms with Gasteiger partial charge in [0.25, 0.3) is 0 Å². The average molecular weight is 212 g/mol. The van der Waals surface area contributed by atoms with Gasteiger partial charge in [-0.2, -0.15) is 0 Å². The number of aromatic nitrogens is 2. The highest BCUT2D eigenvalue weighted by atomic mass is 16.5. The van der Waals surface area contributed by atoms with E-state index in [-0.39, 0.29) is 6.61 Å². The van der Waals surface area contributed by atoms with E-state index >= 15 is 0 Å². The van der Waals surface area contributed by atoms with Crippen molar-refractivity contribution in [3.63, 3.8) is 0 Å². The van der Waals surface area contributed by atoms with Crippen molar-refractivity contribution in [1.29, 1.82) is 0 Å². The number of nitrogens with zero attached hydrogens (tertiary/aromatic N) is 2. The van der Waals surface area contributed by atoms with E-state index in [4.69, 9.17) is 15.6 Å². The van der Waals surface area contributed by atoms with Crippen LogP contribution in [0.3, 0.4) is 0 Å². The summed E-state index contributed by atoms with van der Waals surface area (Å²) in [6, 6.07) is 1.67. The van der Waals surface area contributed by atoms with Gasteiger partial charge in [-0.3, -0.25) is 0 Å². The predicted octanol–water partition coefficient (Wildman–Crippen LogP) is -0.212. The van der Waals surface area contributed by atoms with Gasteiger partial charge in [-0.1, -0.05) is 0 Å². The van der Waals surface area contributed by atoms with Gasteiger partial charge in [-0.15, -0.1) is 0 Å². The zero-order valence-electron chi connectivity index (χ0n) is 8.73. The molecule has 0 saturated carbocycles. The Kier molecular flexibility index (Phi) is 4.79. The van der Waals surface area contributed by atoms with E-state index in [1.807, 2.05) is 0 Å². The molecule has 0 aliphatic rings. The van der Waals surface area contributed by atoms with E-state index in [0.29, 0.717) is 37.2 Å². The van der Waals surface area contributed by atoms with E-state index in [2.05, 4.69) is 15.3 Å². The number of aryl methyl sites for hydroxylation is 1. The molecule has 6 heteroatoms. The van der Waals surface area contributed by atoms with Crippen molar-refractivity contribution in [3.05, 3.63) is 11.9 Å². The van der Waals surface area contributed by atoms with Gasteiger partial charge in [0.1, 0.15) is 17.5 Å². The zero-order chi connectivity index (χ0) is 11.1. The quantitative estimate of drug-likeness (QED) is 0.565. The Bertz CT molecular complexity index is 286. The number of rotatable bonds is 6. The van der Waals surface area contributed by atoms with Crippen molar-refractivity contribution >= 4 is 11.6 Å². The minimum absolute atomic E-state index is 0.0412. The molecule has 0 aliphatic carbocycles. The van der Waals surface area contributed by atoms with Crippen molar-refractivity contribution in [2.75, 3.05) is 37.4 Å². The fourth-order valence-electron chi connectivity index (χ4n) is 1.10. The van der Waals surface area contributed by atoms with Crippen molar-refractivity contribution in [3.8, 4) is 0 Å². The monoisotopic (exact) mass is 212 g/mol. The largest absolute Gasteiger partial charge is 0.394 e. The lowest BCUT2D eigenvalue weighted by atomic mass is 10.5. The molecule has 0 saturated heterocycles. The normalized spacial score (nSPS) is 10.3. The molecule has 0 atom stereocenters. The predicted molar refractivity (Wildman–Crippen MR) is 57.6 cm³/mol. The lowest BCUT2D eigenvalue weighted by Crippen LogP contribution is -2.13. The summed E-state index contributed by atoms with van der Waals surface area (Å²) < 4.78 is 5.08. The maximum atomic E-state index is 8.47. The molecule has 0 aromatic carbocycles. The Morgan fingerprint density at radius 2 is 2.27 bits per heavy atom. The fraction of sp³-hybridized carbons (Fsp3) is 0.556. The zero-order valence-corrected chi connectivity index (χ0v) is 8.73. The Morgan fingerprint density at radius 3 is 2.93 bits per heavy atom. The second-order valence-corrected chi connectivity index (χ2v) is 2.99. The Balaban J connectivity index is 2.31. The topological polar surface area (TPSA) is 93.3 Å². The summed E-state index contributed by atoms with van der Waals surface area (Å²) in [5.74, 6) is 1.77. The molecule has 0 aliphatic heterocycles. The Hall–Kier alpha value is -1.40. The molecule has 0 fully saturated rings. The summed E-state index contributed by atoms with van der Waals surface area (Å²) in [6.45, 7) is 3.31. The molecule has 0 spiro atoms. The van der Waals surface area contributed by atoms with Crippen LogP contribution in [0.1, 0.15) is 5.82 Å². The Labute approximate surface area is 88.5 Å². The van der Waals surface area contributed by atoms with Crippen molar-refractivity contribution in [2.45, 2.75) is 6.92 Å². The van der Waals surface area contributed by atoms with Crippen LogP contribution in [0.25, 0.3) is 0 Å². The number of aliphatic hydroxyl groups is 1. The molecular formula is C9H16N4O2. The number of nitrogen functional groups attached to an aromatic ring is 1. The maximum Gasteiger partial charge on any atom is 0.131 e. The minimum Gasteiger partial charge on any atom is -0.394 e. The van der Waals surface area contributed by atoms with E-state index in [1.165, 1.54) is 0 Å². The summed E-state index contributed by atoms with van der Waals surface area (Å²) in [5.41, 5.74) is 5.56. The number of anilines is 2. The number of nitrogens with two attached hydrogens (primary N) is 1. The molecule has 6 nitrogen and oxygen atoms in total. The molecule has 1 rings (SSSR count). The van der Waals surface area contributed by atoms with Gasteiger partial charge in [0.2, 0.25) is 0 Å². The molecule has 0 amide bonds. The SMILES string of the molecule is Cc1nc(N)cc(NCCOCCO)n1. The molecule has 1 aromatic rings. The van der Waals surface area contributed by atoms with E-state index in [9.17, 15) is 0 Å². The Morgan fingerprint density at radius 1 is 1.47 bits per heavy atom. The highest BCUT2D eigenvalue weighted by Gasteiger charge is 1.97. The lowest BCUT2D eigenvalue weighted by Gasteiger charge is -2.06. The molecule has 15 heavy (non-hydrogen) atoms. The van der Waals surface area contributed by atoms with E-state index in [1.54, 1.807) is 13.0 Å². The van der Waals surface area contributed by atoms with Crippen molar-refractivity contribution < 1.29 is 9.84 Å². The molecule has 0 unspecified atom stereocenters. The minimum atomic E-state index is 0.0412. The third-order valence-electron chi connectivity index (χ3n) is 1.65. The van der Waals surface area contributed by atoms with Gasteiger partial charge in [-0.25, -0.2) is 9.97 Å². The van der Waals surface area contributed by atoms with Gasteiger partial charge in [0.15, 0.2) is 0 Å². The molecule has 0 radical (unpaired) electrons. The second kappa shape index (κ2) is 6.15. The summed E-state index contributed by atoms with van der Waals surface area (Å²) in [4.78, 5) is 8.10. The van der Waals surface area contributed by atoms with Crippen LogP contribution in [0.5, 0.6) is 0 Å². The number of ether oxygens (including phenoxy) is 1. The van der Waals surface area contributed by atoms with Crippen LogP contribution in [0, 0.1) is 6.92 Å². The van der Waals surface area contributed by atoms with Crippen molar-refractivity contribution in [2.24, 2.45) is 0 Å². The van der Waals surface area contributed by atoms with Gasteiger partial charge in [-0.05, 0) is 6.92 Å². The van der Waals surface area contributed by atoms with Crippen LogP contribution < -0.4 is 11.1 Å². The summed E-state index contributed by atoms with van der Waals surface area (Å²) in [5, 5.41) is 11.5. The van der Waals surface area contributed by atoms with Gasteiger partial charge in [0.05, 0.1) is 19.8 Å². The first-order valence-electron chi connectivity index (χ1n) is 4.76. The highest BCUT2D eigenvalue weighted by molar-refractivity contribution is 5.44. The smallest absolute Gasteiger partial charge is 0.131 e. The number of aliphatic hydroxyl groups excluding tert-OH is 1. The lowest BCUT2D eigenvalue weighted by molar-refractivity contribution is 0.0992. The fourth-order valence-corrected chi connectivity index (χ4v) is 1.10. The van der Waals surface area contributed by atoms with Gasteiger partial charge in [0, 0.05) is 12.6 Å². The average Bonchev–Trinajstić information content (AvgIpc) is 2.16. The third-order valence-corrected chi connectivity index (χ3v) is 1.65. The van der Waals surface area contributed by atoms with Crippen LogP contribution in [-0.2, 0) is 4.74 Å². The highest BCUT2D eigenvalue weighted by Crippen LogP contribution is 2.06. The first kappa shape index (κ1) is 11.7. The second-order valence-electron chi connectivity index (χ2n) is 2.99. The standard InChI is InChI=1S/C9H16N4O2/c1-7-12-8(10)6-9(13-7)11-2-4-15-5-3-14/h6,14H,2-5H2,1H3,(H3,10,11,12,13). The van der Waals surface area contributed by atoms with E-state index < -0.39 is 0 Å². The van der Waals surface area contributed by atoms with Crippen molar-refractivity contribution in [1.82, 2.24) is 9.97 Å². The maximum absolute atomic E-state index is 8.47. The summed E-state index contributed by atoms with van der Waals surface area (Å²) in [6.07, 6.45) is 0. The number of hydrogen-bond acceptors (Lipinski definition) is 6. The van der Waals surface area contributed by atoms with Crippen LogP contribution in [0.2, 0.25) is 0 Å². The summed E-state index contributed by atoms with van der Waals surface area (Å²) >= 11 is 0.